The van der Waals surface area contributed by atoms with Crippen molar-refractivity contribution in [2.45, 2.75) is 6.92 Å². The van der Waals surface area contributed by atoms with Crippen molar-refractivity contribution in [1.82, 2.24) is 14.3 Å². The lowest BCUT2D eigenvalue weighted by molar-refractivity contribution is 0.208. The van der Waals surface area contributed by atoms with Gasteiger partial charge >= 0.3 is 6.03 Å². The Balaban J connectivity index is 1.35. The number of para-hydroxylation sites is 1. The Morgan fingerprint density at radius 1 is 1.00 bits per heavy atom. The molecular formula is C20H21N5OS. The molecule has 2 aromatic carbocycles. The molecule has 0 spiro atoms. The van der Waals surface area contributed by atoms with E-state index in [2.05, 4.69) is 38.6 Å². The summed E-state index contributed by atoms with van der Waals surface area (Å²) in [7, 11) is 0. The van der Waals surface area contributed by atoms with Gasteiger partial charge in [0.2, 0.25) is 5.13 Å². The second-order valence-corrected chi connectivity index (χ2v) is 7.27. The first-order valence-electron chi connectivity index (χ1n) is 8.96. The van der Waals surface area contributed by atoms with Gasteiger partial charge in [-0.15, -0.1) is 0 Å². The number of amides is 2. The minimum Gasteiger partial charge on any atom is -0.343 e. The van der Waals surface area contributed by atoms with E-state index in [0.717, 1.165) is 35.3 Å². The van der Waals surface area contributed by atoms with Crippen molar-refractivity contribution in [3.63, 3.8) is 0 Å². The Kier molecular flexibility index (Phi) is 5.02. The number of carbonyl (C=O) groups excluding carboxylic acids is 1. The summed E-state index contributed by atoms with van der Waals surface area (Å²) in [6, 6.07) is 17.7. The maximum atomic E-state index is 12.4. The van der Waals surface area contributed by atoms with E-state index in [-0.39, 0.29) is 6.03 Å². The SMILES string of the molecule is Cc1ccc(-c2nsc(N3CCN(C(=O)Nc4ccccc4)CC3)n2)cc1. The third kappa shape index (κ3) is 4.09. The van der Waals surface area contributed by atoms with Crippen molar-refractivity contribution in [3.8, 4) is 11.4 Å². The fourth-order valence-electron chi connectivity index (χ4n) is 2.99. The number of urea groups is 1. The summed E-state index contributed by atoms with van der Waals surface area (Å²) in [5, 5.41) is 3.85. The van der Waals surface area contributed by atoms with Crippen LogP contribution in [0.15, 0.2) is 54.6 Å². The van der Waals surface area contributed by atoms with Gasteiger partial charge in [-0.25, -0.2) is 4.79 Å². The number of rotatable bonds is 3. The molecule has 1 N–H and O–H groups in total. The van der Waals surface area contributed by atoms with Crippen molar-refractivity contribution in [1.29, 1.82) is 0 Å². The second kappa shape index (κ2) is 7.75. The van der Waals surface area contributed by atoms with Gasteiger partial charge in [0.05, 0.1) is 0 Å². The van der Waals surface area contributed by atoms with Crippen molar-refractivity contribution in [2.24, 2.45) is 0 Å². The summed E-state index contributed by atoms with van der Waals surface area (Å²) in [5.41, 5.74) is 3.07. The molecule has 0 saturated carbocycles. The first kappa shape index (κ1) is 17.5. The first-order chi connectivity index (χ1) is 13.2. The highest BCUT2D eigenvalue weighted by atomic mass is 32.1. The molecule has 2 heterocycles. The number of anilines is 2. The molecule has 2 amide bonds. The fourth-order valence-corrected chi connectivity index (χ4v) is 3.73. The number of hydrogen-bond acceptors (Lipinski definition) is 5. The third-order valence-electron chi connectivity index (χ3n) is 4.59. The number of aromatic nitrogens is 2. The minimum absolute atomic E-state index is 0.0570. The zero-order valence-corrected chi connectivity index (χ0v) is 15.9. The molecule has 7 heteroatoms. The lowest BCUT2D eigenvalue weighted by Crippen LogP contribution is -2.50. The Labute approximate surface area is 162 Å². The van der Waals surface area contributed by atoms with Crippen LogP contribution in [0.5, 0.6) is 0 Å². The lowest BCUT2D eigenvalue weighted by atomic mass is 10.1. The van der Waals surface area contributed by atoms with Crippen LogP contribution >= 0.6 is 11.5 Å². The predicted molar refractivity (Wildman–Crippen MR) is 109 cm³/mol. The van der Waals surface area contributed by atoms with Crippen molar-refractivity contribution < 1.29 is 4.79 Å². The highest BCUT2D eigenvalue weighted by Crippen LogP contribution is 2.25. The van der Waals surface area contributed by atoms with Crippen LogP contribution in [0.25, 0.3) is 11.4 Å². The number of nitrogens with one attached hydrogen (secondary N) is 1. The molecule has 138 valence electrons. The number of nitrogens with zero attached hydrogens (tertiary/aromatic N) is 4. The molecule has 4 rings (SSSR count). The summed E-state index contributed by atoms with van der Waals surface area (Å²) in [4.78, 5) is 21.1. The van der Waals surface area contributed by atoms with Gasteiger partial charge in [0.25, 0.3) is 0 Å². The smallest absolute Gasteiger partial charge is 0.321 e. The average molecular weight is 379 g/mol. The highest BCUT2D eigenvalue weighted by Gasteiger charge is 2.23. The highest BCUT2D eigenvalue weighted by molar-refractivity contribution is 7.09. The maximum Gasteiger partial charge on any atom is 0.321 e. The predicted octanol–water partition coefficient (Wildman–Crippen LogP) is 3.87. The van der Waals surface area contributed by atoms with Crippen LogP contribution in [0.1, 0.15) is 5.56 Å². The number of aryl methyl sites for hydroxylation is 1. The van der Waals surface area contributed by atoms with Gasteiger partial charge in [-0.3, -0.25) is 0 Å². The molecule has 1 saturated heterocycles. The van der Waals surface area contributed by atoms with Gasteiger partial charge in [0.1, 0.15) is 0 Å². The Bertz CT molecular complexity index is 902. The van der Waals surface area contributed by atoms with E-state index in [4.69, 9.17) is 0 Å². The monoisotopic (exact) mass is 379 g/mol. The number of hydrogen-bond donors (Lipinski definition) is 1. The van der Waals surface area contributed by atoms with Gasteiger partial charge in [-0.2, -0.15) is 9.36 Å². The standard InChI is InChI=1S/C20H21N5OS/c1-15-7-9-16(10-8-15)18-22-20(27-23-18)25-13-11-24(12-14-25)19(26)21-17-5-3-2-4-6-17/h2-10H,11-14H2,1H3,(H,21,26). The van der Waals surface area contributed by atoms with E-state index in [0.29, 0.717) is 13.1 Å². The Morgan fingerprint density at radius 3 is 2.41 bits per heavy atom. The van der Waals surface area contributed by atoms with Crippen LogP contribution in [0.2, 0.25) is 0 Å². The molecule has 0 unspecified atom stereocenters. The molecule has 0 bridgehead atoms. The zero-order valence-electron chi connectivity index (χ0n) is 15.1. The molecule has 6 nitrogen and oxygen atoms in total. The average Bonchev–Trinajstić information content (AvgIpc) is 3.20. The maximum absolute atomic E-state index is 12.4. The fraction of sp³-hybridized carbons (Fsp3) is 0.250. The summed E-state index contributed by atoms with van der Waals surface area (Å²) in [5.74, 6) is 0.763. The molecule has 1 aliphatic heterocycles. The van der Waals surface area contributed by atoms with Crippen LogP contribution < -0.4 is 10.2 Å². The van der Waals surface area contributed by atoms with Gasteiger partial charge in [0, 0.05) is 49.0 Å². The summed E-state index contributed by atoms with van der Waals surface area (Å²) in [6.07, 6.45) is 0. The summed E-state index contributed by atoms with van der Waals surface area (Å²) < 4.78 is 4.50. The molecule has 27 heavy (non-hydrogen) atoms. The molecule has 3 aromatic rings. The van der Waals surface area contributed by atoms with Gasteiger partial charge in [-0.1, -0.05) is 48.0 Å². The topological polar surface area (TPSA) is 61.4 Å². The Morgan fingerprint density at radius 2 is 1.70 bits per heavy atom. The molecule has 0 radical (unpaired) electrons. The second-order valence-electron chi connectivity index (χ2n) is 6.54. The van der Waals surface area contributed by atoms with Crippen LogP contribution in [-0.2, 0) is 0 Å². The molecule has 0 atom stereocenters. The lowest BCUT2D eigenvalue weighted by Gasteiger charge is -2.34. The zero-order chi connectivity index (χ0) is 18.6. The van der Waals surface area contributed by atoms with Crippen molar-refractivity contribution in [2.75, 3.05) is 36.4 Å². The van der Waals surface area contributed by atoms with E-state index in [1.54, 1.807) is 0 Å². The van der Waals surface area contributed by atoms with Crippen LogP contribution in [0, 0.1) is 6.92 Å². The number of benzene rings is 2. The molecule has 1 aliphatic rings. The quantitative estimate of drug-likeness (QED) is 0.750. The summed E-state index contributed by atoms with van der Waals surface area (Å²) >= 11 is 1.41. The van der Waals surface area contributed by atoms with Crippen molar-refractivity contribution >= 4 is 28.4 Å². The van der Waals surface area contributed by atoms with E-state index in [9.17, 15) is 4.79 Å². The van der Waals surface area contributed by atoms with Crippen LogP contribution in [0.3, 0.4) is 0 Å². The van der Waals surface area contributed by atoms with Crippen LogP contribution in [0.4, 0.5) is 15.6 Å². The van der Waals surface area contributed by atoms with Gasteiger partial charge < -0.3 is 15.1 Å². The normalized spacial score (nSPS) is 14.3. The van der Waals surface area contributed by atoms with Crippen LogP contribution in [-0.4, -0.2) is 46.5 Å². The largest absolute Gasteiger partial charge is 0.343 e. The third-order valence-corrected chi connectivity index (χ3v) is 5.36. The van der Waals surface area contributed by atoms with Gasteiger partial charge in [-0.05, 0) is 19.1 Å². The molecule has 1 aromatic heterocycles. The molecule has 0 aliphatic carbocycles. The van der Waals surface area contributed by atoms with Gasteiger partial charge in [0.15, 0.2) is 5.82 Å². The van der Waals surface area contributed by atoms with E-state index < -0.39 is 0 Å². The number of piperazine rings is 1. The number of carbonyl (C=O) groups is 1. The molecule has 1 fully saturated rings. The minimum atomic E-state index is -0.0570. The van der Waals surface area contributed by atoms with Crippen molar-refractivity contribution in [3.05, 3.63) is 60.2 Å². The summed E-state index contributed by atoms with van der Waals surface area (Å²) in [6.45, 7) is 4.91. The van der Waals surface area contributed by atoms with E-state index in [1.165, 1.54) is 17.1 Å². The van der Waals surface area contributed by atoms with E-state index in [1.807, 2.05) is 47.4 Å². The van der Waals surface area contributed by atoms with E-state index >= 15 is 0 Å². The molecular weight excluding hydrogens is 358 g/mol. The first-order valence-corrected chi connectivity index (χ1v) is 9.73. The Hall–Kier alpha value is -2.93.